The van der Waals surface area contributed by atoms with E-state index in [1.54, 1.807) is 18.2 Å². The molecule has 2 unspecified atom stereocenters. The van der Waals surface area contributed by atoms with Crippen molar-refractivity contribution in [2.24, 2.45) is 0 Å². The molecule has 36 heavy (non-hydrogen) atoms. The van der Waals surface area contributed by atoms with Gasteiger partial charge in [0, 0.05) is 32.0 Å². The lowest BCUT2D eigenvalue weighted by molar-refractivity contribution is -0.137. The molecule has 12 nitrogen and oxygen atoms in total. The number of aromatic nitrogens is 2. The van der Waals surface area contributed by atoms with Crippen LogP contribution >= 0.6 is 0 Å². The van der Waals surface area contributed by atoms with E-state index in [1.807, 2.05) is 0 Å². The van der Waals surface area contributed by atoms with Crippen LogP contribution < -0.4 is 10.6 Å². The topological polar surface area (TPSA) is 159 Å². The zero-order valence-electron chi connectivity index (χ0n) is 19.4. The molecule has 4 rings (SSSR count). The fraction of sp³-hybridized carbons (Fsp3) is 0.391. The van der Waals surface area contributed by atoms with E-state index in [1.165, 1.54) is 40.7 Å². The molecule has 2 aliphatic rings. The molecule has 190 valence electrons. The number of rotatable bonds is 6. The van der Waals surface area contributed by atoms with E-state index >= 15 is 0 Å². The highest BCUT2D eigenvalue weighted by Crippen LogP contribution is 2.17. The van der Waals surface area contributed by atoms with Gasteiger partial charge in [-0.1, -0.05) is 18.2 Å². The Hall–Kier alpha value is -3.87. The standard InChI is InChI=1S/C23H26N6O6S/c30-20(14-36(34,35)17-5-2-1-3-6-17)28-9-10-29(23(33)16-11-24-15-25-12-16)19(13-28)22(32)27-18-7-4-8-26-21(18)31/h1-3,5-6,11-12,15,18-19H,4,7-10,13-14H2,(H,26,31)(H,27,32). The van der Waals surface area contributed by atoms with Crippen LogP contribution in [0.2, 0.25) is 0 Å². The van der Waals surface area contributed by atoms with Crippen LogP contribution in [0.4, 0.5) is 0 Å². The average Bonchev–Trinajstić information content (AvgIpc) is 2.90. The highest BCUT2D eigenvalue weighted by molar-refractivity contribution is 7.92. The number of carbonyl (C=O) groups is 4. The third-order valence-corrected chi connectivity index (χ3v) is 7.74. The maximum Gasteiger partial charge on any atom is 0.257 e. The van der Waals surface area contributed by atoms with E-state index < -0.39 is 45.4 Å². The SMILES string of the molecule is O=C1NCCCC1NC(=O)C1CN(C(=O)CS(=O)(=O)c2ccccc2)CCN1C(=O)c1cncnc1. The first kappa shape index (κ1) is 25.2. The predicted molar refractivity (Wildman–Crippen MR) is 126 cm³/mol. The molecule has 0 aliphatic carbocycles. The summed E-state index contributed by atoms with van der Waals surface area (Å²) in [5.74, 6) is -2.88. The normalized spacial score (nSPS) is 20.4. The van der Waals surface area contributed by atoms with E-state index in [9.17, 15) is 27.6 Å². The monoisotopic (exact) mass is 514 g/mol. The van der Waals surface area contributed by atoms with E-state index in [-0.39, 0.29) is 36.0 Å². The molecule has 2 fully saturated rings. The van der Waals surface area contributed by atoms with Gasteiger partial charge in [-0.15, -0.1) is 0 Å². The number of nitrogens with one attached hydrogen (secondary N) is 2. The van der Waals surface area contributed by atoms with Crippen molar-refractivity contribution >= 4 is 33.5 Å². The molecule has 2 N–H and O–H groups in total. The van der Waals surface area contributed by atoms with Gasteiger partial charge in [-0.2, -0.15) is 0 Å². The van der Waals surface area contributed by atoms with E-state index in [4.69, 9.17) is 0 Å². The number of carbonyl (C=O) groups excluding carboxylic acids is 4. The number of hydrogen-bond donors (Lipinski definition) is 2. The highest BCUT2D eigenvalue weighted by Gasteiger charge is 2.39. The maximum absolute atomic E-state index is 13.3. The summed E-state index contributed by atoms with van der Waals surface area (Å²) < 4.78 is 25.4. The number of hydrogen-bond acceptors (Lipinski definition) is 8. The molecule has 2 aliphatic heterocycles. The largest absolute Gasteiger partial charge is 0.354 e. The molecule has 0 radical (unpaired) electrons. The van der Waals surface area contributed by atoms with Crippen LogP contribution in [-0.2, 0) is 24.2 Å². The minimum absolute atomic E-state index is 0.0141. The smallest absolute Gasteiger partial charge is 0.257 e. The second-order valence-corrected chi connectivity index (χ2v) is 10.5. The van der Waals surface area contributed by atoms with E-state index in [0.717, 1.165) is 0 Å². The van der Waals surface area contributed by atoms with Gasteiger partial charge in [0.15, 0.2) is 9.84 Å². The van der Waals surface area contributed by atoms with Crippen LogP contribution in [0.3, 0.4) is 0 Å². The fourth-order valence-electron chi connectivity index (χ4n) is 4.19. The quantitative estimate of drug-likeness (QED) is 0.497. The highest BCUT2D eigenvalue weighted by atomic mass is 32.2. The summed E-state index contributed by atoms with van der Waals surface area (Å²) >= 11 is 0. The molecule has 3 heterocycles. The van der Waals surface area contributed by atoms with Crippen molar-refractivity contribution in [3.63, 3.8) is 0 Å². The number of benzene rings is 1. The first-order chi connectivity index (χ1) is 17.3. The molecular formula is C23H26N6O6S. The number of amides is 4. The predicted octanol–water partition coefficient (Wildman–Crippen LogP) is -1.00. The van der Waals surface area contributed by atoms with Crippen LogP contribution in [0.15, 0.2) is 53.9 Å². The summed E-state index contributed by atoms with van der Waals surface area (Å²) in [6.07, 6.45) is 5.05. The molecule has 2 atom stereocenters. The van der Waals surface area contributed by atoms with Crippen LogP contribution in [-0.4, -0.2) is 95.8 Å². The molecule has 13 heteroatoms. The summed E-state index contributed by atoms with van der Waals surface area (Å²) in [6.45, 7) is 0.324. The van der Waals surface area contributed by atoms with Crippen molar-refractivity contribution in [2.75, 3.05) is 31.9 Å². The van der Waals surface area contributed by atoms with Gasteiger partial charge in [0.05, 0.1) is 17.0 Å². The summed E-state index contributed by atoms with van der Waals surface area (Å²) in [4.78, 5) is 61.8. The zero-order chi connectivity index (χ0) is 25.7. The first-order valence-corrected chi connectivity index (χ1v) is 13.1. The Balaban J connectivity index is 1.53. The third-order valence-electron chi connectivity index (χ3n) is 6.12. The van der Waals surface area contributed by atoms with E-state index in [2.05, 4.69) is 20.6 Å². The van der Waals surface area contributed by atoms with Gasteiger partial charge in [0.25, 0.3) is 5.91 Å². The molecule has 2 saturated heterocycles. The third kappa shape index (κ3) is 5.67. The second-order valence-electron chi connectivity index (χ2n) is 8.55. The van der Waals surface area contributed by atoms with Gasteiger partial charge >= 0.3 is 0 Å². The van der Waals surface area contributed by atoms with Crippen molar-refractivity contribution in [1.82, 2.24) is 30.4 Å². The Morgan fingerprint density at radius 3 is 2.50 bits per heavy atom. The van der Waals surface area contributed by atoms with Crippen LogP contribution in [0.5, 0.6) is 0 Å². The van der Waals surface area contributed by atoms with Crippen molar-refractivity contribution in [2.45, 2.75) is 29.8 Å². The molecular weight excluding hydrogens is 488 g/mol. The summed E-state index contributed by atoms with van der Waals surface area (Å²) in [6, 6.07) is 5.73. The number of piperidine rings is 1. The average molecular weight is 515 g/mol. The Bertz CT molecular complexity index is 1240. The molecule has 1 aromatic heterocycles. The van der Waals surface area contributed by atoms with Gasteiger partial charge in [0.1, 0.15) is 24.2 Å². The minimum Gasteiger partial charge on any atom is -0.354 e. The molecule has 0 spiro atoms. The zero-order valence-corrected chi connectivity index (χ0v) is 20.2. The molecule has 2 aromatic rings. The first-order valence-electron chi connectivity index (χ1n) is 11.5. The van der Waals surface area contributed by atoms with Gasteiger partial charge in [-0.05, 0) is 25.0 Å². The van der Waals surface area contributed by atoms with Crippen molar-refractivity contribution < 1.29 is 27.6 Å². The number of nitrogens with zero attached hydrogens (tertiary/aromatic N) is 4. The maximum atomic E-state index is 13.3. The molecule has 4 amide bonds. The van der Waals surface area contributed by atoms with Crippen molar-refractivity contribution in [3.05, 3.63) is 54.6 Å². The van der Waals surface area contributed by atoms with Crippen molar-refractivity contribution in [1.29, 1.82) is 0 Å². The lowest BCUT2D eigenvalue weighted by Gasteiger charge is -2.41. The van der Waals surface area contributed by atoms with Gasteiger partial charge in [-0.3, -0.25) is 19.2 Å². The molecule has 0 saturated carbocycles. The second kappa shape index (κ2) is 10.8. The Labute approximate surface area is 208 Å². The Morgan fingerprint density at radius 2 is 1.81 bits per heavy atom. The lowest BCUT2D eigenvalue weighted by atomic mass is 10.0. The number of piperazine rings is 1. The number of sulfone groups is 1. The summed E-state index contributed by atoms with van der Waals surface area (Å²) in [5, 5.41) is 5.36. The lowest BCUT2D eigenvalue weighted by Crippen LogP contribution is -2.64. The Kier molecular flexibility index (Phi) is 7.58. The van der Waals surface area contributed by atoms with Gasteiger partial charge in [-0.25, -0.2) is 18.4 Å². The van der Waals surface area contributed by atoms with Gasteiger partial charge < -0.3 is 20.4 Å². The summed E-state index contributed by atoms with van der Waals surface area (Å²) in [5.41, 5.74) is 0.164. The minimum atomic E-state index is -3.89. The van der Waals surface area contributed by atoms with Crippen molar-refractivity contribution in [3.8, 4) is 0 Å². The van der Waals surface area contributed by atoms with Gasteiger partial charge in [0.2, 0.25) is 17.7 Å². The van der Waals surface area contributed by atoms with Crippen LogP contribution in [0.1, 0.15) is 23.2 Å². The van der Waals surface area contributed by atoms with Crippen LogP contribution in [0.25, 0.3) is 0 Å². The van der Waals surface area contributed by atoms with Crippen LogP contribution in [0, 0.1) is 0 Å². The molecule has 1 aromatic carbocycles. The molecule has 0 bridgehead atoms. The van der Waals surface area contributed by atoms with E-state index in [0.29, 0.717) is 19.4 Å². The fourth-order valence-corrected chi connectivity index (χ4v) is 5.44. The Morgan fingerprint density at radius 1 is 1.08 bits per heavy atom. The summed E-state index contributed by atoms with van der Waals surface area (Å²) in [7, 11) is -3.89.